The fourth-order valence-corrected chi connectivity index (χ4v) is 2.76. The standard InChI is InChI=1S/C17H25NO/c1-4-11-19-16-8-6-15(7-9-16)12-18-17-10-5-13(2)14(17)3/h4,6-9,13-14,17-18H,1,5,10-12H2,2-3H3. The van der Waals surface area contributed by atoms with Crippen LogP contribution in [0.25, 0.3) is 0 Å². The highest BCUT2D eigenvalue weighted by Crippen LogP contribution is 2.31. The highest BCUT2D eigenvalue weighted by molar-refractivity contribution is 5.27. The first-order valence-electron chi connectivity index (χ1n) is 7.26. The summed E-state index contributed by atoms with van der Waals surface area (Å²) in [6.07, 6.45) is 4.42. The van der Waals surface area contributed by atoms with Crippen LogP contribution in [0.2, 0.25) is 0 Å². The zero-order chi connectivity index (χ0) is 13.7. The summed E-state index contributed by atoms with van der Waals surface area (Å²) in [6.45, 7) is 9.88. The van der Waals surface area contributed by atoms with E-state index in [-0.39, 0.29) is 0 Å². The van der Waals surface area contributed by atoms with E-state index in [9.17, 15) is 0 Å². The van der Waals surface area contributed by atoms with Crippen molar-refractivity contribution in [1.82, 2.24) is 5.32 Å². The molecule has 0 heterocycles. The summed E-state index contributed by atoms with van der Waals surface area (Å²) in [5, 5.41) is 3.68. The molecule has 0 aliphatic heterocycles. The summed E-state index contributed by atoms with van der Waals surface area (Å²) in [4.78, 5) is 0. The fraction of sp³-hybridized carbons (Fsp3) is 0.529. The minimum atomic E-state index is 0.565. The van der Waals surface area contributed by atoms with Gasteiger partial charge in [-0.3, -0.25) is 0 Å². The number of hydrogen-bond donors (Lipinski definition) is 1. The lowest BCUT2D eigenvalue weighted by atomic mass is 9.98. The molecular weight excluding hydrogens is 234 g/mol. The van der Waals surface area contributed by atoms with E-state index >= 15 is 0 Å². The van der Waals surface area contributed by atoms with E-state index in [1.165, 1.54) is 18.4 Å². The average Bonchev–Trinajstić information content (AvgIpc) is 2.75. The van der Waals surface area contributed by atoms with Crippen molar-refractivity contribution in [2.45, 2.75) is 39.3 Å². The maximum absolute atomic E-state index is 5.48. The Balaban J connectivity index is 1.81. The normalized spacial score (nSPS) is 26.3. The van der Waals surface area contributed by atoms with Crippen LogP contribution in [-0.4, -0.2) is 12.6 Å². The summed E-state index contributed by atoms with van der Waals surface area (Å²) in [5.74, 6) is 2.55. The van der Waals surface area contributed by atoms with E-state index in [0.717, 1.165) is 24.1 Å². The maximum Gasteiger partial charge on any atom is 0.119 e. The molecule has 1 N–H and O–H groups in total. The first-order valence-corrected chi connectivity index (χ1v) is 7.26. The van der Waals surface area contributed by atoms with Crippen molar-refractivity contribution < 1.29 is 4.74 Å². The van der Waals surface area contributed by atoms with Crippen molar-refractivity contribution in [3.8, 4) is 5.75 Å². The van der Waals surface area contributed by atoms with Crippen molar-refractivity contribution >= 4 is 0 Å². The summed E-state index contributed by atoms with van der Waals surface area (Å²) in [6, 6.07) is 9.00. The SMILES string of the molecule is C=CCOc1ccc(CNC2CCC(C)C2C)cc1. The van der Waals surface area contributed by atoms with Crippen molar-refractivity contribution in [3.63, 3.8) is 0 Å². The maximum atomic E-state index is 5.48. The lowest BCUT2D eigenvalue weighted by molar-refractivity contribution is 0.362. The van der Waals surface area contributed by atoms with Gasteiger partial charge in [-0.05, 0) is 42.4 Å². The topological polar surface area (TPSA) is 21.3 Å². The van der Waals surface area contributed by atoms with Crippen molar-refractivity contribution in [2.75, 3.05) is 6.61 Å². The molecule has 1 aromatic rings. The van der Waals surface area contributed by atoms with E-state index in [1.54, 1.807) is 6.08 Å². The number of benzene rings is 1. The van der Waals surface area contributed by atoms with Crippen LogP contribution in [0, 0.1) is 11.8 Å². The van der Waals surface area contributed by atoms with E-state index in [1.807, 2.05) is 12.1 Å². The summed E-state index contributed by atoms with van der Waals surface area (Å²) >= 11 is 0. The number of nitrogens with one attached hydrogen (secondary N) is 1. The third-order valence-corrected chi connectivity index (χ3v) is 4.32. The van der Waals surface area contributed by atoms with Gasteiger partial charge in [-0.25, -0.2) is 0 Å². The first kappa shape index (κ1) is 14.1. The van der Waals surface area contributed by atoms with Gasteiger partial charge in [-0.1, -0.05) is 38.6 Å². The van der Waals surface area contributed by atoms with Crippen LogP contribution in [-0.2, 0) is 6.54 Å². The van der Waals surface area contributed by atoms with E-state index in [4.69, 9.17) is 4.74 Å². The van der Waals surface area contributed by atoms with Crippen LogP contribution in [0.3, 0.4) is 0 Å². The molecule has 3 atom stereocenters. The monoisotopic (exact) mass is 259 g/mol. The van der Waals surface area contributed by atoms with Gasteiger partial charge in [0, 0.05) is 12.6 Å². The largest absolute Gasteiger partial charge is 0.490 e. The molecule has 19 heavy (non-hydrogen) atoms. The Morgan fingerprint density at radius 2 is 2.00 bits per heavy atom. The van der Waals surface area contributed by atoms with Gasteiger partial charge < -0.3 is 10.1 Å². The lowest BCUT2D eigenvalue weighted by Gasteiger charge is -2.19. The highest BCUT2D eigenvalue weighted by atomic mass is 16.5. The van der Waals surface area contributed by atoms with Crippen LogP contribution in [0.5, 0.6) is 5.75 Å². The molecule has 1 fully saturated rings. The third kappa shape index (κ3) is 3.84. The Kier molecular flexibility index (Phi) is 5.03. The molecule has 1 saturated carbocycles. The molecule has 2 nitrogen and oxygen atoms in total. The lowest BCUT2D eigenvalue weighted by Crippen LogP contribution is -2.31. The van der Waals surface area contributed by atoms with Gasteiger partial charge >= 0.3 is 0 Å². The van der Waals surface area contributed by atoms with Crippen LogP contribution in [0.4, 0.5) is 0 Å². The van der Waals surface area contributed by atoms with Gasteiger partial charge in [0.05, 0.1) is 0 Å². The Morgan fingerprint density at radius 3 is 2.58 bits per heavy atom. The molecule has 1 aromatic carbocycles. The Labute approximate surface area is 116 Å². The highest BCUT2D eigenvalue weighted by Gasteiger charge is 2.28. The number of rotatable bonds is 6. The number of hydrogen-bond acceptors (Lipinski definition) is 2. The molecule has 1 aliphatic carbocycles. The fourth-order valence-electron chi connectivity index (χ4n) is 2.76. The van der Waals surface area contributed by atoms with Crippen LogP contribution in [0.1, 0.15) is 32.3 Å². The molecule has 0 saturated heterocycles. The van der Waals surface area contributed by atoms with E-state index < -0.39 is 0 Å². The van der Waals surface area contributed by atoms with Crippen molar-refractivity contribution in [2.24, 2.45) is 11.8 Å². The van der Waals surface area contributed by atoms with E-state index in [0.29, 0.717) is 12.6 Å². The molecule has 1 aliphatic rings. The van der Waals surface area contributed by atoms with Gasteiger partial charge in [0.2, 0.25) is 0 Å². The third-order valence-electron chi connectivity index (χ3n) is 4.32. The summed E-state index contributed by atoms with van der Waals surface area (Å²) < 4.78 is 5.48. The second kappa shape index (κ2) is 6.76. The Hall–Kier alpha value is -1.28. The molecule has 0 aromatic heterocycles. The zero-order valence-electron chi connectivity index (χ0n) is 12.1. The van der Waals surface area contributed by atoms with Crippen molar-refractivity contribution in [3.05, 3.63) is 42.5 Å². The van der Waals surface area contributed by atoms with Gasteiger partial charge in [-0.2, -0.15) is 0 Å². The molecule has 2 heteroatoms. The molecule has 0 bridgehead atoms. The summed E-state index contributed by atoms with van der Waals surface area (Å²) in [5.41, 5.74) is 1.32. The molecule has 0 amide bonds. The molecule has 0 radical (unpaired) electrons. The molecular formula is C17H25NO. The van der Waals surface area contributed by atoms with Gasteiger partial charge in [0.15, 0.2) is 0 Å². The quantitative estimate of drug-likeness (QED) is 0.785. The van der Waals surface area contributed by atoms with Crippen molar-refractivity contribution in [1.29, 1.82) is 0 Å². The van der Waals surface area contributed by atoms with Gasteiger partial charge in [0.1, 0.15) is 12.4 Å². The summed E-state index contributed by atoms with van der Waals surface area (Å²) in [7, 11) is 0. The number of ether oxygens (including phenoxy) is 1. The molecule has 2 rings (SSSR count). The Morgan fingerprint density at radius 1 is 1.26 bits per heavy atom. The molecule has 104 valence electrons. The Bertz CT molecular complexity index is 398. The zero-order valence-corrected chi connectivity index (χ0v) is 12.1. The molecule has 0 spiro atoms. The minimum absolute atomic E-state index is 0.565. The van der Waals surface area contributed by atoms with Crippen LogP contribution < -0.4 is 10.1 Å². The molecule has 3 unspecified atom stereocenters. The average molecular weight is 259 g/mol. The van der Waals surface area contributed by atoms with Crippen LogP contribution >= 0.6 is 0 Å². The predicted octanol–water partition coefficient (Wildman–Crippen LogP) is 3.78. The predicted molar refractivity (Wildman–Crippen MR) is 80.3 cm³/mol. The minimum Gasteiger partial charge on any atom is -0.490 e. The first-order chi connectivity index (χ1) is 9.20. The van der Waals surface area contributed by atoms with E-state index in [2.05, 4.69) is 37.9 Å². The smallest absolute Gasteiger partial charge is 0.119 e. The van der Waals surface area contributed by atoms with Gasteiger partial charge in [0.25, 0.3) is 0 Å². The van der Waals surface area contributed by atoms with Crippen LogP contribution in [0.15, 0.2) is 36.9 Å². The second-order valence-electron chi connectivity index (χ2n) is 5.64. The second-order valence-corrected chi connectivity index (χ2v) is 5.64. The van der Waals surface area contributed by atoms with Gasteiger partial charge in [-0.15, -0.1) is 0 Å².